The van der Waals surface area contributed by atoms with Crippen molar-refractivity contribution >= 4 is 49.2 Å². The summed E-state index contributed by atoms with van der Waals surface area (Å²) in [7, 11) is -5.60. The third-order valence-corrected chi connectivity index (χ3v) is 15.7. The largest absolute Gasteiger partial charge is 0.497 e. The average Bonchev–Trinajstić information content (AvgIpc) is 4.00. The van der Waals surface area contributed by atoms with Gasteiger partial charge in [-0.15, -0.1) is 10.2 Å². The molecule has 2 amide bonds. The number of hydrogen-bond donors (Lipinski definition) is 4. The van der Waals surface area contributed by atoms with Crippen LogP contribution in [0.25, 0.3) is 33.5 Å². The number of alkyl halides is 1. The number of aromatic amines is 1. The van der Waals surface area contributed by atoms with Crippen LogP contribution < -0.4 is 24.8 Å². The Balaban J connectivity index is 1.39. The molecule has 24 heteroatoms. The van der Waals surface area contributed by atoms with Crippen LogP contribution in [0.2, 0.25) is 0 Å². The molecule has 2 atom stereocenters. The van der Waals surface area contributed by atoms with Crippen molar-refractivity contribution in [3.8, 4) is 39.8 Å². The number of anilines is 1. The Hall–Kier alpha value is -7.67. The number of alkyl carbamates (subject to hydrolysis) is 1. The monoisotopic (exact) mass is 1040 g/mol. The fraction of sp³-hybridized carbons (Fsp3) is 0.306. The van der Waals surface area contributed by atoms with E-state index < -0.39 is 72.9 Å². The number of carbonyl (C=O) groups excluding carboxylic acids is 1. The van der Waals surface area contributed by atoms with Crippen LogP contribution in [0.15, 0.2) is 113 Å². The molecular formula is C49H53FN10O11S2. The second-order valence-corrected chi connectivity index (χ2v) is 21.7. The fourth-order valence-electron chi connectivity index (χ4n) is 8.25. The number of halogens is 1. The van der Waals surface area contributed by atoms with Crippen LogP contribution in [0, 0.1) is 0 Å². The Morgan fingerprint density at radius 2 is 1.41 bits per heavy atom. The topological polar surface area (TPSA) is 262 Å². The second-order valence-electron chi connectivity index (χ2n) is 17.9. The third kappa shape index (κ3) is 11.7. The molecule has 8 rings (SSSR count). The molecule has 1 aliphatic heterocycles. The third-order valence-electron chi connectivity index (χ3n) is 11.8. The van der Waals surface area contributed by atoms with Crippen molar-refractivity contribution < 1.29 is 54.9 Å². The van der Waals surface area contributed by atoms with Gasteiger partial charge in [0, 0.05) is 31.7 Å². The van der Waals surface area contributed by atoms with E-state index >= 15 is 21.2 Å². The van der Waals surface area contributed by atoms with Crippen LogP contribution in [0.5, 0.6) is 17.2 Å². The number of rotatable bonds is 17. The molecule has 2 aromatic heterocycles. The maximum atomic E-state index is 16.3. The smallest absolute Gasteiger partial charge is 0.411 e. The van der Waals surface area contributed by atoms with Crippen LogP contribution in [-0.2, 0) is 44.4 Å². The minimum absolute atomic E-state index is 0.0385. The number of benzene rings is 5. The number of nitrogens with one attached hydrogen (secondary N) is 3. The van der Waals surface area contributed by atoms with Crippen LogP contribution in [-0.4, -0.2) is 125 Å². The van der Waals surface area contributed by atoms with E-state index in [-0.39, 0.29) is 60.0 Å². The number of tetrazole rings is 1. The highest BCUT2D eigenvalue weighted by molar-refractivity contribution is 7.92. The van der Waals surface area contributed by atoms with Crippen LogP contribution in [0.3, 0.4) is 0 Å². The molecule has 1 saturated heterocycles. The molecule has 0 spiro atoms. The highest BCUT2D eigenvalue weighted by atomic mass is 32.2. The lowest BCUT2D eigenvalue weighted by molar-refractivity contribution is 0.0435. The predicted molar refractivity (Wildman–Crippen MR) is 266 cm³/mol. The summed E-state index contributed by atoms with van der Waals surface area (Å²) in [6.45, 7) is 3.32. The maximum Gasteiger partial charge on any atom is 0.411 e. The number of ether oxygens (including phenoxy) is 4. The van der Waals surface area contributed by atoms with E-state index in [2.05, 4.69) is 30.9 Å². The average molecular weight is 1040 g/mol. The number of imidazole rings is 1. The van der Waals surface area contributed by atoms with Crippen molar-refractivity contribution in [2.24, 2.45) is 0 Å². The summed E-state index contributed by atoms with van der Waals surface area (Å²) in [4.78, 5) is 31.9. The number of amides is 2. The zero-order chi connectivity index (χ0) is 52.2. The summed E-state index contributed by atoms with van der Waals surface area (Å²) >= 11 is 0. The SMILES string of the molecule is COc1ccc(CN(Cc2ccc(OC)cc2)S(=O)(=O)c2c(S(=O)(=O)N3CC[C@@H](F)[C@H](NC(=O)OC(C)(C)C)C3)ccc(-c3cccc4[nH]c(NC(=O)O)nc34)c2-c2nnn(Cc3ccc(OC)cc3)n2)cc1. The Bertz CT molecular complexity index is 3300. The maximum absolute atomic E-state index is 16.3. The van der Waals surface area contributed by atoms with Crippen molar-refractivity contribution in [1.29, 1.82) is 0 Å². The number of nitrogens with zero attached hydrogens (tertiary/aromatic N) is 7. The van der Waals surface area contributed by atoms with Gasteiger partial charge in [-0.25, -0.2) is 35.8 Å². The second kappa shape index (κ2) is 21.2. The number of fused-ring (bicyclic) bond motifs is 1. The van der Waals surface area contributed by atoms with Crippen molar-refractivity contribution in [2.75, 3.05) is 39.7 Å². The van der Waals surface area contributed by atoms with E-state index in [0.29, 0.717) is 39.5 Å². The molecule has 1 fully saturated rings. The molecule has 7 aromatic rings. The molecule has 3 heterocycles. The molecule has 0 bridgehead atoms. The summed E-state index contributed by atoms with van der Waals surface area (Å²) in [5.41, 5.74) is 1.27. The predicted octanol–water partition coefficient (Wildman–Crippen LogP) is 7.06. The number of aromatic nitrogens is 6. The number of carboxylic acid groups (broad SMARTS) is 1. The van der Waals surface area contributed by atoms with Gasteiger partial charge >= 0.3 is 12.2 Å². The number of sulfonamides is 2. The van der Waals surface area contributed by atoms with Gasteiger partial charge in [0.1, 0.15) is 38.8 Å². The van der Waals surface area contributed by atoms with Gasteiger partial charge in [0.25, 0.3) is 0 Å². The standard InChI is InChI=1S/C49H53FN10O11S2/c1-49(2,3)71-48(63)52-40-29-58(25-24-38(40)50)72(64,65)41-23-22-36(37-8-7-9-39-43(37)53-46(51-39)54-47(61)62)42(45-55-57-60(56-45)28-32-14-20-35(70-6)21-15-32)44(41)73(66,67)59(26-30-10-16-33(68-4)17-11-30)27-31-12-18-34(69-5)19-13-31/h7-23,38,40H,24-29H2,1-6H3,(H,52,63)(H,61,62)(H2,51,53,54)/t38-,40-/m1/s1. The van der Waals surface area contributed by atoms with Gasteiger partial charge in [0.2, 0.25) is 31.8 Å². The number of piperidine rings is 1. The van der Waals surface area contributed by atoms with Crippen LogP contribution >= 0.6 is 0 Å². The molecule has 0 unspecified atom stereocenters. The van der Waals surface area contributed by atoms with Gasteiger partial charge in [-0.2, -0.15) is 13.4 Å². The summed E-state index contributed by atoms with van der Waals surface area (Å²) in [6, 6.07) is 26.4. The molecule has 73 heavy (non-hydrogen) atoms. The first-order valence-electron chi connectivity index (χ1n) is 22.7. The number of para-hydroxylation sites is 1. The lowest BCUT2D eigenvalue weighted by Crippen LogP contribution is -2.55. The number of carbonyl (C=O) groups is 2. The summed E-state index contributed by atoms with van der Waals surface area (Å²) < 4.78 is 103. The quantitative estimate of drug-likeness (QED) is 0.0711. The van der Waals surface area contributed by atoms with Crippen molar-refractivity contribution in [3.63, 3.8) is 0 Å². The molecule has 384 valence electrons. The Kier molecular flexibility index (Phi) is 15.0. The highest BCUT2D eigenvalue weighted by Gasteiger charge is 2.43. The Labute approximate surface area is 420 Å². The van der Waals surface area contributed by atoms with Crippen LogP contribution in [0.1, 0.15) is 43.9 Å². The first-order valence-corrected chi connectivity index (χ1v) is 25.6. The minimum atomic E-state index is -5.12. The lowest BCUT2D eigenvalue weighted by atomic mass is 9.98. The van der Waals surface area contributed by atoms with E-state index in [1.165, 1.54) is 32.2 Å². The highest BCUT2D eigenvalue weighted by Crippen LogP contribution is 2.44. The van der Waals surface area contributed by atoms with E-state index in [0.717, 1.165) is 14.7 Å². The first kappa shape index (κ1) is 51.7. The van der Waals surface area contributed by atoms with Gasteiger partial charge < -0.3 is 34.4 Å². The number of methoxy groups -OCH3 is 3. The Morgan fingerprint density at radius 1 is 0.822 bits per heavy atom. The van der Waals surface area contributed by atoms with Gasteiger partial charge in [0.15, 0.2) is 0 Å². The van der Waals surface area contributed by atoms with E-state index in [1.54, 1.807) is 112 Å². The molecule has 0 radical (unpaired) electrons. The lowest BCUT2D eigenvalue weighted by Gasteiger charge is -2.35. The van der Waals surface area contributed by atoms with Crippen molar-refractivity contribution in [2.45, 2.75) is 74.4 Å². The van der Waals surface area contributed by atoms with Gasteiger partial charge in [-0.3, -0.25) is 5.32 Å². The van der Waals surface area contributed by atoms with Gasteiger partial charge in [0.05, 0.1) is 50.5 Å². The van der Waals surface area contributed by atoms with E-state index in [1.807, 2.05) is 0 Å². The molecule has 0 aliphatic carbocycles. The molecule has 1 aliphatic rings. The van der Waals surface area contributed by atoms with Crippen LogP contribution in [0.4, 0.5) is 19.9 Å². The fourth-order valence-corrected chi connectivity index (χ4v) is 12.1. The van der Waals surface area contributed by atoms with E-state index in [9.17, 15) is 14.7 Å². The minimum Gasteiger partial charge on any atom is -0.497 e. The Morgan fingerprint density at radius 3 is 1.97 bits per heavy atom. The number of H-pyrrole nitrogens is 1. The summed E-state index contributed by atoms with van der Waals surface area (Å²) in [6.07, 6.45) is -4.43. The summed E-state index contributed by atoms with van der Waals surface area (Å²) in [5.74, 6) is 1.15. The van der Waals surface area contributed by atoms with Crippen molar-refractivity contribution in [1.82, 2.24) is 44.1 Å². The molecular weight excluding hydrogens is 988 g/mol. The number of hydrogen-bond acceptors (Lipinski definition) is 14. The van der Waals surface area contributed by atoms with Gasteiger partial charge in [-0.1, -0.05) is 54.6 Å². The normalized spacial score (nSPS) is 15.5. The molecule has 0 saturated carbocycles. The van der Waals surface area contributed by atoms with Gasteiger partial charge in [-0.05, 0) is 103 Å². The van der Waals surface area contributed by atoms with Crippen molar-refractivity contribution in [3.05, 3.63) is 120 Å². The zero-order valence-electron chi connectivity index (χ0n) is 40.6. The molecule has 21 nitrogen and oxygen atoms in total. The molecule has 5 aromatic carbocycles. The summed E-state index contributed by atoms with van der Waals surface area (Å²) in [5, 5.41) is 27.7. The first-order chi connectivity index (χ1) is 34.8. The van der Waals surface area contributed by atoms with E-state index in [4.69, 9.17) is 24.0 Å². The zero-order valence-corrected chi connectivity index (χ0v) is 42.2. The molecule has 4 N–H and O–H groups in total.